The summed E-state index contributed by atoms with van der Waals surface area (Å²) in [6.45, 7) is 5.09. The largest absolute Gasteiger partial charge is 0.465 e. The van der Waals surface area contributed by atoms with Gasteiger partial charge in [0.05, 0.1) is 19.3 Å². The smallest absolute Gasteiger partial charge is 0.407 e. The molecule has 1 aliphatic heterocycles. The number of nitrogens with zero attached hydrogens (tertiary/aromatic N) is 1. The highest BCUT2D eigenvalue weighted by Crippen LogP contribution is 2.12. The molecule has 1 amide bonds. The lowest BCUT2D eigenvalue weighted by atomic mass is 10.3. The minimum Gasteiger partial charge on any atom is -0.465 e. The Bertz CT molecular complexity index is 181. The van der Waals surface area contributed by atoms with Gasteiger partial charge in [0.2, 0.25) is 0 Å². The maximum absolute atomic E-state index is 10.5. The first-order valence-electron chi connectivity index (χ1n) is 3.94. The van der Waals surface area contributed by atoms with E-state index in [1.165, 1.54) is 4.90 Å². The molecule has 1 aliphatic rings. The van der Waals surface area contributed by atoms with Gasteiger partial charge in [-0.25, -0.2) is 4.79 Å². The highest BCUT2D eigenvalue weighted by atomic mass is 16.5. The molecule has 1 fully saturated rings. The van der Waals surface area contributed by atoms with Gasteiger partial charge in [0.25, 0.3) is 0 Å². The zero-order valence-corrected chi connectivity index (χ0v) is 6.90. The quantitative estimate of drug-likeness (QED) is 0.643. The highest BCUT2D eigenvalue weighted by molar-refractivity contribution is 5.65. The third-order valence-electron chi connectivity index (χ3n) is 1.87. The Morgan fingerprint density at radius 3 is 3.08 bits per heavy atom. The van der Waals surface area contributed by atoms with Gasteiger partial charge in [-0.3, -0.25) is 0 Å². The molecule has 1 heterocycles. The van der Waals surface area contributed by atoms with Gasteiger partial charge >= 0.3 is 6.09 Å². The Kier molecular flexibility index (Phi) is 3.10. The molecule has 0 bridgehead atoms. The lowest BCUT2D eigenvalue weighted by Gasteiger charge is -2.11. The SMILES string of the molecule is C=CCO[C@@H]1CCN(C(=O)O)C1. The lowest BCUT2D eigenvalue weighted by Crippen LogP contribution is -2.28. The molecule has 0 aromatic heterocycles. The molecule has 1 N–H and O–H groups in total. The van der Waals surface area contributed by atoms with Crippen LogP contribution in [0.15, 0.2) is 12.7 Å². The fourth-order valence-corrected chi connectivity index (χ4v) is 1.24. The van der Waals surface area contributed by atoms with Gasteiger partial charge in [-0.05, 0) is 6.42 Å². The molecule has 0 aliphatic carbocycles. The van der Waals surface area contributed by atoms with Gasteiger partial charge in [-0.2, -0.15) is 0 Å². The fraction of sp³-hybridized carbons (Fsp3) is 0.625. The molecule has 68 valence electrons. The van der Waals surface area contributed by atoms with E-state index in [2.05, 4.69) is 6.58 Å². The molecule has 1 saturated heterocycles. The van der Waals surface area contributed by atoms with E-state index in [-0.39, 0.29) is 6.10 Å². The third kappa shape index (κ3) is 2.23. The molecule has 0 radical (unpaired) electrons. The van der Waals surface area contributed by atoms with Gasteiger partial charge in [0, 0.05) is 6.54 Å². The summed E-state index contributed by atoms with van der Waals surface area (Å²) in [4.78, 5) is 11.8. The summed E-state index contributed by atoms with van der Waals surface area (Å²) >= 11 is 0. The Balaban J connectivity index is 2.25. The maximum atomic E-state index is 10.5. The summed E-state index contributed by atoms with van der Waals surface area (Å²) in [5.74, 6) is 0. The average molecular weight is 171 g/mol. The van der Waals surface area contributed by atoms with Crippen LogP contribution in [0.5, 0.6) is 0 Å². The number of carboxylic acid groups (broad SMARTS) is 1. The van der Waals surface area contributed by atoms with E-state index in [4.69, 9.17) is 9.84 Å². The summed E-state index contributed by atoms with van der Waals surface area (Å²) < 4.78 is 5.31. The number of hydrogen-bond donors (Lipinski definition) is 1. The van der Waals surface area contributed by atoms with Crippen LogP contribution in [-0.2, 0) is 4.74 Å². The van der Waals surface area contributed by atoms with Crippen LogP contribution in [0.4, 0.5) is 4.79 Å². The van der Waals surface area contributed by atoms with Crippen LogP contribution < -0.4 is 0 Å². The predicted molar refractivity (Wildman–Crippen MR) is 44.2 cm³/mol. The highest BCUT2D eigenvalue weighted by Gasteiger charge is 2.25. The van der Waals surface area contributed by atoms with Crippen LogP contribution in [0.2, 0.25) is 0 Å². The number of rotatable bonds is 3. The van der Waals surface area contributed by atoms with E-state index in [9.17, 15) is 4.79 Å². The van der Waals surface area contributed by atoms with Crippen LogP contribution in [-0.4, -0.2) is 41.9 Å². The third-order valence-corrected chi connectivity index (χ3v) is 1.87. The summed E-state index contributed by atoms with van der Waals surface area (Å²) in [6, 6.07) is 0. The number of amides is 1. The van der Waals surface area contributed by atoms with Gasteiger partial charge in [0.1, 0.15) is 0 Å². The molecular formula is C8H13NO3. The zero-order chi connectivity index (χ0) is 8.97. The van der Waals surface area contributed by atoms with E-state index in [1.54, 1.807) is 6.08 Å². The molecule has 0 aromatic rings. The number of ether oxygens (including phenoxy) is 1. The molecule has 0 aromatic carbocycles. The summed E-state index contributed by atoms with van der Waals surface area (Å²) in [6.07, 6.45) is 1.66. The number of likely N-dealkylation sites (tertiary alicyclic amines) is 1. The molecule has 4 heteroatoms. The first kappa shape index (κ1) is 9.06. The zero-order valence-electron chi connectivity index (χ0n) is 6.90. The minimum absolute atomic E-state index is 0.0547. The van der Waals surface area contributed by atoms with Gasteiger partial charge in [-0.15, -0.1) is 6.58 Å². The van der Waals surface area contributed by atoms with Crippen molar-refractivity contribution in [2.24, 2.45) is 0 Å². The molecule has 1 atom stereocenters. The van der Waals surface area contributed by atoms with Crippen molar-refractivity contribution in [2.45, 2.75) is 12.5 Å². The summed E-state index contributed by atoms with van der Waals surface area (Å²) in [7, 11) is 0. The monoisotopic (exact) mass is 171 g/mol. The standard InChI is InChI=1S/C8H13NO3/c1-2-5-12-7-3-4-9(6-7)8(10)11/h2,7H,1,3-6H2,(H,10,11)/t7-/m1/s1. The Morgan fingerprint density at radius 1 is 1.83 bits per heavy atom. The van der Waals surface area contributed by atoms with Crippen molar-refractivity contribution in [3.05, 3.63) is 12.7 Å². The second-order valence-corrected chi connectivity index (χ2v) is 2.76. The van der Waals surface area contributed by atoms with Gasteiger partial charge in [0.15, 0.2) is 0 Å². The van der Waals surface area contributed by atoms with Gasteiger partial charge < -0.3 is 14.7 Å². The van der Waals surface area contributed by atoms with Crippen LogP contribution in [0.1, 0.15) is 6.42 Å². The van der Waals surface area contributed by atoms with Gasteiger partial charge in [-0.1, -0.05) is 6.08 Å². The first-order valence-corrected chi connectivity index (χ1v) is 3.94. The second kappa shape index (κ2) is 4.11. The molecular weight excluding hydrogens is 158 g/mol. The van der Waals surface area contributed by atoms with E-state index in [0.29, 0.717) is 19.7 Å². The Labute approximate surface area is 71.4 Å². The molecule has 0 unspecified atom stereocenters. The first-order chi connectivity index (χ1) is 5.74. The van der Waals surface area contributed by atoms with Crippen LogP contribution in [0.25, 0.3) is 0 Å². The summed E-state index contributed by atoms with van der Waals surface area (Å²) in [5.41, 5.74) is 0. The average Bonchev–Trinajstić information content (AvgIpc) is 2.48. The normalized spacial score (nSPS) is 22.7. The van der Waals surface area contributed by atoms with Crippen molar-refractivity contribution >= 4 is 6.09 Å². The van der Waals surface area contributed by atoms with Crippen molar-refractivity contribution in [3.63, 3.8) is 0 Å². The number of carbonyl (C=O) groups is 1. The van der Waals surface area contributed by atoms with Crippen molar-refractivity contribution in [1.82, 2.24) is 4.90 Å². The van der Waals surface area contributed by atoms with E-state index >= 15 is 0 Å². The van der Waals surface area contributed by atoms with Crippen LogP contribution in [0.3, 0.4) is 0 Å². The van der Waals surface area contributed by atoms with Crippen LogP contribution >= 0.6 is 0 Å². The fourth-order valence-electron chi connectivity index (χ4n) is 1.24. The molecule has 12 heavy (non-hydrogen) atoms. The van der Waals surface area contributed by atoms with E-state index in [1.807, 2.05) is 0 Å². The number of hydrogen-bond acceptors (Lipinski definition) is 2. The minimum atomic E-state index is -0.861. The van der Waals surface area contributed by atoms with E-state index < -0.39 is 6.09 Å². The molecule has 0 saturated carbocycles. The molecule has 0 spiro atoms. The van der Waals surface area contributed by atoms with Crippen molar-refractivity contribution in [3.8, 4) is 0 Å². The molecule has 1 rings (SSSR count). The van der Waals surface area contributed by atoms with Crippen molar-refractivity contribution in [2.75, 3.05) is 19.7 Å². The Morgan fingerprint density at radius 2 is 2.58 bits per heavy atom. The lowest BCUT2D eigenvalue weighted by molar-refractivity contribution is 0.0786. The maximum Gasteiger partial charge on any atom is 0.407 e. The summed E-state index contributed by atoms with van der Waals surface area (Å²) in [5, 5.41) is 8.61. The predicted octanol–water partition coefficient (Wildman–Crippen LogP) is 0.941. The van der Waals surface area contributed by atoms with Crippen molar-refractivity contribution in [1.29, 1.82) is 0 Å². The topological polar surface area (TPSA) is 49.8 Å². The second-order valence-electron chi connectivity index (χ2n) is 2.76. The van der Waals surface area contributed by atoms with Crippen LogP contribution in [0, 0.1) is 0 Å². The molecule has 4 nitrogen and oxygen atoms in total. The van der Waals surface area contributed by atoms with Crippen molar-refractivity contribution < 1.29 is 14.6 Å². The Hall–Kier alpha value is -1.03. The van der Waals surface area contributed by atoms with E-state index in [0.717, 1.165) is 6.42 Å².